The summed E-state index contributed by atoms with van der Waals surface area (Å²) in [6.45, 7) is 4.33. The molecule has 0 heterocycles. The van der Waals surface area contributed by atoms with E-state index in [0.717, 1.165) is 0 Å². The van der Waals surface area contributed by atoms with E-state index >= 15 is 0 Å². The van der Waals surface area contributed by atoms with Crippen molar-refractivity contribution in [2.75, 3.05) is 25.6 Å². The zero-order valence-corrected chi connectivity index (χ0v) is 11.5. The highest BCUT2D eigenvalue weighted by atomic mass is 19.1. The zero-order chi connectivity index (χ0) is 14.3. The normalized spacial score (nSPS) is 13.7. The fraction of sp³-hybridized carbons (Fsp3) is 0.500. The van der Waals surface area contributed by atoms with Gasteiger partial charge in [-0.15, -0.1) is 0 Å². The average Bonchev–Trinajstić information content (AvgIpc) is 2.36. The number of benzene rings is 1. The minimum atomic E-state index is -0.568. The number of carbonyl (C=O) groups excluding carboxylic acids is 1. The van der Waals surface area contributed by atoms with E-state index in [-0.39, 0.29) is 17.7 Å². The number of methoxy groups -OCH3 is 1. The minimum Gasteiger partial charge on any atom is -0.464 e. The Morgan fingerprint density at radius 2 is 2.21 bits per heavy atom. The first-order valence-electron chi connectivity index (χ1n) is 6.26. The van der Waals surface area contributed by atoms with Crippen LogP contribution in [0.3, 0.4) is 0 Å². The Kier molecular flexibility index (Phi) is 6.29. The number of hydrogen-bond acceptors (Lipinski definition) is 4. The minimum absolute atomic E-state index is 0.0904. The molecule has 0 radical (unpaired) electrons. The SMILES string of the molecule is CCOC(=O)C(Nc1cccc(F)c1)C(C)COC. The van der Waals surface area contributed by atoms with Crippen molar-refractivity contribution < 1.29 is 18.7 Å². The quantitative estimate of drug-likeness (QED) is 0.772. The van der Waals surface area contributed by atoms with Crippen LogP contribution in [0.4, 0.5) is 10.1 Å². The lowest BCUT2D eigenvalue weighted by Crippen LogP contribution is -2.39. The summed E-state index contributed by atoms with van der Waals surface area (Å²) in [5.41, 5.74) is 0.543. The van der Waals surface area contributed by atoms with Gasteiger partial charge in [-0.2, -0.15) is 0 Å². The summed E-state index contributed by atoms with van der Waals surface area (Å²) in [5, 5.41) is 2.99. The van der Waals surface area contributed by atoms with Gasteiger partial charge in [0.25, 0.3) is 0 Å². The number of carbonyl (C=O) groups is 1. The molecule has 1 aromatic carbocycles. The first-order chi connectivity index (χ1) is 9.08. The summed E-state index contributed by atoms with van der Waals surface area (Å²) < 4.78 is 23.2. The molecule has 2 unspecified atom stereocenters. The number of nitrogens with one attached hydrogen (secondary N) is 1. The lowest BCUT2D eigenvalue weighted by molar-refractivity contribution is -0.145. The third kappa shape index (κ3) is 4.87. The van der Waals surface area contributed by atoms with Crippen molar-refractivity contribution in [3.05, 3.63) is 30.1 Å². The summed E-state index contributed by atoms with van der Waals surface area (Å²) in [4.78, 5) is 11.9. The van der Waals surface area contributed by atoms with Gasteiger partial charge < -0.3 is 14.8 Å². The fourth-order valence-corrected chi connectivity index (χ4v) is 1.78. The largest absolute Gasteiger partial charge is 0.464 e. The van der Waals surface area contributed by atoms with E-state index in [9.17, 15) is 9.18 Å². The molecular formula is C14H20FNO3. The van der Waals surface area contributed by atoms with E-state index in [4.69, 9.17) is 9.47 Å². The Hall–Kier alpha value is -1.62. The van der Waals surface area contributed by atoms with Gasteiger partial charge in [0.1, 0.15) is 11.9 Å². The summed E-state index contributed by atoms with van der Waals surface area (Å²) >= 11 is 0. The van der Waals surface area contributed by atoms with E-state index < -0.39 is 6.04 Å². The lowest BCUT2D eigenvalue weighted by atomic mass is 10.0. The summed E-state index contributed by atoms with van der Waals surface area (Å²) in [5.74, 6) is -0.810. The standard InChI is InChI=1S/C14H20FNO3/c1-4-19-14(17)13(10(2)9-18-3)16-12-7-5-6-11(15)8-12/h5-8,10,13,16H,4,9H2,1-3H3. The molecule has 0 fully saturated rings. The van der Waals surface area contributed by atoms with E-state index in [1.54, 1.807) is 26.2 Å². The van der Waals surface area contributed by atoms with Crippen molar-refractivity contribution >= 4 is 11.7 Å². The second-order valence-electron chi connectivity index (χ2n) is 4.32. The van der Waals surface area contributed by atoms with Crippen molar-refractivity contribution in [3.8, 4) is 0 Å². The molecule has 4 nitrogen and oxygen atoms in total. The Balaban J connectivity index is 2.81. The maximum Gasteiger partial charge on any atom is 0.328 e. The molecule has 0 spiro atoms. The highest BCUT2D eigenvalue weighted by Gasteiger charge is 2.26. The van der Waals surface area contributed by atoms with Crippen molar-refractivity contribution in [2.24, 2.45) is 5.92 Å². The summed E-state index contributed by atoms with van der Waals surface area (Å²) in [6, 6.07) is 5.41. The molecule has 0 saturated carbocycles. The molecule has 5 heteroatoms. The highest BCUT2D eigenvalue weighted by Crippen LogP contribution is 2.16. The van der Waals surface area contributed by atoms with Crippen molar-refractivity contribution in [1.29, 1.82) is 0 Å². The predicted molar refractivity (Wildman–Crippen MR) is 71.5 cm³/mol. The van der Waals surface area contributed by atoms with Crippen molar-refractivity contribution in [1.82, 2.24) is 0 Å². The fourth-order valence-electron chi connectivity index (χ4n) is 1.78. The van der Waals surface area contributed by atoms with Crippen LogP contribution in [0.25, 0.3) is 0 Å². The van der Waals surface area contributed by atoms with Gasteiger partial charge in [0.05, 0.1) is 13.2 Å². The molecule has 106 valence electrons. The number of anilines is 1. The van der Waals surface area contributed by atoms with E-state index in [1.807, 2.05) is 6.92 Å². The molecule has 1 aromatic rings. The monoisotopic (exact) mass is 269 g/mol. The van der Waals surface area contributed by atoms with Crippen LogP contribution in [0.15, 0.2) is 24.3 Å². The first-order valence-corrected chi connectivity index (χ1v) is 6.26. The molecule has 19 heavy (non-hydrogen) atoms. The van der Waals surface area contributed by atoms with Gasteiger partial charge in [-0.05, 0) is 25.1 Å². The smallest absolute Gasteiger partial charge is 0.328 e. The average molecular weight is 269 g/mol. The predicted octanol–water partition coefficient (Wildman–Crippen LogP) is 2.45. The van der Waals surface area contributed by atoms with Crippen molar-refractivity contribution in [2.45, 2.75) is 19.9 Å². The number of hydrogen-bond donors (Lipinski definition) is 1. The van der Waals surface area contributed by atoms with Crippen LogP contribution in [0, 0.1) is 11.7 Å². The summed E-state index contributed by atoms with van der Waals surface area (Å²) in [7, 11) is 1.57. The number of esters is 1. The first kappa shape index (κ1) is 15.4. The molecule has 1 rings (SSSR count). The van der Waals surface area contributed by atoms with Crippen LogP contribution in [0.1, 0.15) is 13.8 Å². The molecule has 2 atom stereocenters. The van der Waals surface area contributed by atoms with Crippen LogP contribution < -0.4 is 5.32 Å². The van der Waals surface area contributed by atoms with Gasteiger partial charge >= 0.3 is 5.97 Å². The molecular weight excluding hydrogens is 249 g/mol. The molecule has 0 aliphatic heterocycles. The second-order valence-corrected chi connectivity index (χ2v) is 4.32. The molecule has 1 N–H and O–H groups in total. The topological polar surface area (TPSA) is 47.6 Å². The molecule has 0 bridgehead atoms. The van der Waals surface area contributed by atoms with Crippen LogP contribution in [0.5, 0.6) is 0 Å². The summed E-state index contributed by atoms with van der Waals surface area (Å²) in [6.07, 6.45) is 0. The Bertz CT molecular complexity index is 411. The van der Waals surface area contributed by atoms with E-state index in [1.165, 1.54) is 12.1 Å². The third-order valence-corrected chi connectivity index (χ3v) is 2.69. The Morgan fingerprint density at radius 1 is 1.47 bits per heavy atom. The number of ether oxygens (including phenoxy) is 2. The highest BCUT2D eigenvalue weighted by molar-refractivity contribution is 5.79. The lowest BCUT2D eigenvalue weighted by Gasteiger charge is -2.23. The Morgan fingerprint density at radius 3 is 2.79 bits per heavy atom. The van der Waals surface area contributed by atoms with Gasteiger partial charge in [-0.1, -0.05) is 13.0 Å². The van der Waals surface area contributed by atoms with Crippen LogP contribution in [-0.2, 0) is 14.3 Å². The third-order valence-electron chi connectivity index (χ3n) is 2.69. The van der Waals surface area contributed by atoms with Crippen LogP contribution >= 0.6 is 0 Å². The van der Waals surface area contributed by atoms with E-state index in [2.05, 4.69) is 5.32 Å². The van der Waals surface area contributed by atoms with Gasteiger partial charge in [-0.25, -0.2) is 9.18 Å². The van der Waals surface area contributed by atoms with Gasteiger partial charge in [0.2, 0.25) is 0 Å². The van der Waals surface area contributed by atoms with Crippen LogP contribution in [0.2, 0.25) is 0 Å². The maximum atomic E-state index is 13.1. The molecule has 0 aliphatic rings. The van der Waals surface area contributed by atoms with E-state index in [0.29, 0.717) is 18.9 Å². The Labute approximate surface area is 112 Å². The molecule has 0 saturated heterocycles. The molecule has 0 amide bonds. The molecule has 0 aliphatic carbocycles. The van der Waals surface area contributed by atoms with Gasteiger partial charge in [0, 0.05) is 18.7 Å². The van der Waals surface area contributed by atoms with Crippen molar-refractivity contribution in [3.63, 3.8) is 0 Å². The van der Waals surface area contributed by atoms with Crippen LogP contribution in [-0.4, -0.2) is 32.3 Å². The second kappa shape index (κ2) is 7.74. The van der Waals surface area contributed by atoms with Gasteiger partial charge in [-0.3, -0.25) is 0 Å². The zero-order valence-electron chi connectivity index (χ0n) is 11.5. The maximum absolute atomic E-state index is 13.1. The number of halogens is 1. The van der Waals surface area contributed by atoms with Gasteiger partial charge in [0.15, 0.2) is 0 Å². The molecule has 0 aromatic heterocycles. The number of rotatable bonds is 7.